The summed E-state index contributed by atoms with van der Waals surface area (Å²) < 4.78 is 18.3. The number of anilines is 1. The Balaban J connectivity index is 1.91. The fourth-order valence-corrected chi connectivity index (χ4v) is 2.96. The second kappa shape index (κ2) is 8.16. The fraction of sp³-hybridized carbons (Fsp3) is 0.267. The van der Waals surface area contributed by atoms with E-state index in [-0.39, 0.29) is 30.5 Å². The quantitative estimate of drug-likeness (QED) is 0.755. The Morgan fingerprint density at radius 2 is 2.17 bits per heavy atom. The lowest BCUT2D eigenvalue weighted by atomic mass is 10.1. The molecule has 122 valence electrons. The SMILES string of the molecule is CCOC(=O)Cc1csc(NC(=O)Cc2ccc(F)c(Br)c2)n1. The van der Waals surface area contributed by atoms with Gasteiger partial charge in [-0.05, 0) is 40.5 Å². The molecule has 0 radical (unpaired) electrons. The van der Waals surface area contributed by atoms with Crippen molar-refractivity contribution in [2.75, 3.05) is 11.9 Å². The van der Waals surface area contributed by atoms with Gasteiger partial charge in [0.05, 0.1) is 29.6 Å². The van der Waals surface area contributed by atoms with E-state index < -0.39 is 0 Å². The summed E-state index contributed by atoms with van der Waals surface area (Å²) >= 11 is 4.31. The summed E-state index contributed by atoms with van der Waals surface area (Å²) in [6, 6.07) is 4.41. The van der Waals surface area contributed by atoms with Crippen LogP contribution in [-0.4, -0.2) is 23.5 Å². The Morgan fingerprint density at radius 1 is 1.39 bits per heavy atom. The molecule has 1 amide bonds. The molecule has 0 fully saturated rings. The summed E-state index contributed by atoms with van der Waals surface area (Å²) in [6.45, 7) is 2.05. The number of rotatable bonds is 6. The first-order chi connectivity index (χ1) is 11.0. The molecule has 2 aromatic rings. The molecule has 0 bridgehead atoms. The second-order valence-corrected chi connectivity index (χ2v) is 6.31. The van der Waals surface area contributed by atoms with E-state index in [1.807, 2.05) is 0 Å². The second-order valence-electron chi connectivity index (χ2n) is 4.60. The van der Waals surface area contributed by atoms with E-state index >= 15 is 0 Å². The number of esters is 1. The number of amides is 1. The zero-order valence-electron chi connectivity index (χ0n) is 12.3. The number of benzene rings is 1. The van der Waals surface area contributed by atoms with Gasteiger partial charge in [-0.15, -0.1) is 11.3 Å². The number of aromatic nitrogens is 1. The average Bonchev–Trinajstić information content (AvgIpc) is 2.90. The van der Waals surface area contributed by atoms with Crippen LogP contribution in [0.1, 0.15) is 18.2 Å². The lowest BCUT2D eigenvalue weighted by molar-refractivity contribution is -0.142. The molecule has 1 N–H and O–H groups in total. The highest BCUT2D eigenvalue weighted by Crippen LogP contribution is 2.19. The summed E-state index contributed by atoms with van der Waals surface area (Å²) in [5.74, 6) is -0.995. The normalized spacial score (nSPS) is 10.4. The number of carbonyl (C=O) groups excluding carboxylic acids is 2. The molecule has 1 aromatic heterocycles. The molecular weight excluding hydrogens is 387 g/mol. The lowest BCUT2D eigenvalue weighted by Gasteiger charge is -2.03. The highest BCUT2D eigenvalue weighted by molar-refractivity contribution is 9.10. The van der Waals surface area contributed by atoms with E-state index in [0.717, 1.165) is 0 Å². The van der Waals surface area contributed by atoms with Crippen LogP contribution in [0.25, 0.3) is 0 Å². The van der Waals surface area contributed by atoms with Gasteiger partial charge in [0.25, 0.3) is 0 Å². The minimum atomic E-state index is -0.377. The Kier molecular flexibility index (Phi) is 6.23. The Morgan fingerprint density at radius 3 is 2.87 bits per heavy atom. The van der Waals surface area contributed by atoms with Gasteiger partial charge in [-0.3, -0.25) is 9.59 Å². The fourth-order valence-electron chi connectivity index (χ4n) is 1.80. The van der Waals surface area contributed by atoms with Crippen LogP contribution < -0.4 is 5.32 Å². The van der Waals surface area contributed by atoms with Crippen molar-refractivity contribution in [2.24, 2.45) is 0 Å². The van der Waals surface area contributed by atoms with Crippen molar-refractivity contribution in [2.45, 2.75) is 19.8 Å². The third kappa shape index (κ3) is 5.40. The predicted octanol–water partition coefficient (Wildman–Crippen LogP) is 3.33. The van der Waals surface area contributed by atoms with Gasteiger partial charge in [-0.2, -0.15) is 0 Å². The van der Waals surface area contributed by atoms with E-state index in [9.17, 15) is 14.0 Å². The zero-order valence-corrected chi connectivity index (χ0v) is 14.7. The molecule has 2 rings (SSSR count). The Labute approximate surface area is 145 Å². The third-order valence-corrected chi connectivity index (χ3v) is 4.19. The van der Waals surface area contributed by atoms with Crippen LogP contribution in [0.3, 0.4) is 0 Å². The molecule has 8 heteroatoms. The molecule has 23 heavy (non-hydrogen) atoms. The lowest BCUT2D eigenvalue weighted by Crippen LogP contribution is -2.14. The van der Waals surface area contributed by atoms with Crippen LogP contribution in [0.4, 0.5) is 9.52 Å². The first-order valence-corrected chi connectivity index (χ1v) is 8.49. The standard InChI is InChI=1S/C15H14BrFN2O3S/c1-2-22-14(21)7-10-8-23-15(18-10)19-13(20)6-9-3-4-12(17)11(16)5-9/h3-5,8H,2,6-7H2,1H3,(H,18,19,20). The third-order valence-electron chi connectivity index (χ3n) is 2.78. The molecule has 0 spiro atoms. The molecule has 1 aromatic carbocycles. The van der Waals surface area contributed by atoms with Crippen molar-refractivity contribution in [1.82, 2.24) is 4.98 Å². The van der Waals surface area contributed by atoms with Crippen LogP contribution >= 0.6 is 27.3 Å². The van der Waals surface area contributed by atoms with Crippen molar-refractivity contribution >= 4 is 44.3 Å². The summed E-state index contributed by atoms with van der Waals surface area (Å²) in [6.07, 6.45) is 0.177. The van der Waals surface area contributed by atoms with E-state index in [1.54, 1.807) is 24.4 Å². The first-order valence-electron chi connectivity index (χ1n) is 6.81. The molecule has 0 aliphatic rings. The van der Waals surface area contributed by atoms with Gasteiger partial charge in [0, 0.05) is 5.38 Å². The van der Waals surface area contributed by atoms with Gasteiger partial charge < -0.3 is 10.1 Å². The number of nitrogens with one attached hydrogen (secondary N) is 1. The van der Waals surface area contributed by atoms with Crippen LogP contribution in [-0.2, 0) is 27.2 Å². The maximum absolute atomic E-state index is 13.2. The largest absolute Gasteiger partial charge is 0.466 e. The zero-order chi connectivity index (χ0) is 16.8. The molecule has 0 saturated carbocycles. The van der Waals surface area contributed by atoms with Gasteiger partial charge in [0.1, 0.15) is 5.82 Å². The van der Waals surface area contributed by atoms with E-state index in [2.05, 4.69) is 26.2 Å². The minimum Gasteiger partial charge on any atom is -0.466 e. The van der Waals surface area contributed by atoms with Crippen LogP contribution in [0.5, 0.6) is 0 Å². The van der Waals surface area contributed by atoms with Gasteiger partial charge in [-0.25, -0.2) is 9.37 Å². The van der Waals surface area contributed by atoms with E-state index in [1.165, 1.54) is 17.4 Å². The average molecular weight is 401 g/mol. The van der Waals surface area contributed by atoms with Crippen molar-refractivity contribution < 1.29 is 18.7 Å². The number of hydrogen-bond donors (Lipinski definition) is 1. The topological polar surface area (TPSA) is 68.3 Å². The predicted molar refractivity (Wildman–Crippen MR) is 88.9 cm³/mol. The van der Waals surface area contributed by atoms with Crippen molar-refractivity contribution in [1.29, 1.82) is 0 Å². The highest BCUT2D eigenvalue weighted by Gasteiger charge is 2.11. The maximum atomic E-state index is 13.2. The van der Waals surface area contributed by atoms with Gasteiger partial charge >= 0.3 is 5.97 Å². The highest BCUT2D eigenvalue weighted by atomic mass is 79.9. The van der Waals surface area contributed by atoms with Crippen molar-refractivity contribution in [3.63, 3.8) is 0 Å². The molecule has 0 atom stereocenters. The summed E-state index contributed by atoms with van der Waals surface area (Å²) in [5, 5.41) is 4.77. The first kappa shape index (κ1) is 17.6. The number of carbonyl (C=O) groups is 2. The number of ether oxygens (including phenoxy) is 1. The summed E-state index contributed by atoms with van der Waals surface area (Å²) in [5.41, 5.74) is 1.23. The van der Waals surface area contributed by atoms with Crippen molar-refractivity contribution in [3.05, 3.63) is 45.1 Å². The van der Waals surface area contributed by atoms with Gasteiger partial charge in [0.2, 0.25) is 5.91 Å². The smallest absolute Gasteiger partial charge is 0.311 e. The molecule has 5 nitrogen and oxygen atoms in total. The van der Waals surface area contributed by atoms with Crippen molar-refractivity contribution in [3.8, 4) is 0 Å². The number of thiazole rings is 1. The van der Waals surface area contributed by atoms with Crippen LogP contribution in [0, 0.1) is 5.82 Å². The Bertz CT molecular complexity index is 720. The number of nitrogens with zero attached hydrogens (tertiary/aromatic N) is 1. The molecule has 1 heterocycles. The molecular formula is C15H14BrFN2O3S. The maximum Gasteiger partial charge on any atom is 0.311 e. The monoisotopic (exact) mass is 400 g/mol. The van der Waals surface area contributed by atoms with Gasteiger partial charge in [-0.1, -0.05) is 6.07 Å². The van der Waals surface area contributed by atoms with E-state index in [4.69, 9.17) is 4.74 Å². The van der Waals surface area contributed by atoms with Crippen LogP contribution in [0.15, 0.2) is 28.1 Å². The summed E-state index contributed by atoms with van der Waals surface area (Å²) in [4.78, 5) is 27.5. The Hall–Kier alpha value is -1.80. The molecule has 0 saturated heterocycles. The minimum absolute atomic E-state index is 0.0745. The molecule has 0 aliphatic carbocycles. The number of hydrogen-bond acceptors (Lipinski definition) is 5. The van der Waals surface area contributed by atoms with Crippen LogP contribution in [0.2, 0.25) is 0 Å². The van der Waals surface area contributed by atoms with Gasteiger partial charge in [0.15, 0.2) is 5.13 Å². The molecule has 0 unspecified atom stereocenters. The van der Waals surface area contributed by atoms with E-state index in [0.29, 0.717) is 27.5 Å². The molecule has 0 aliphatic heterocycles. The summed E-state index contributed by atoms with van der Waals surface area (Å²) in [7, 11) is 0. The number of halogens is 2.